The van der Waals surface area contributed by atoms with E-state index < -0.39 is 15.7 Å². The van der Waals surface area contributed by atoms with Crippen LogP contribution in [0.2, 0.25) is 0 Å². The van der Waals surface area contributed by atoms with Crippen LogP contribution < -0.4 is 11.1 Å². The van der Waals surface area contributed by atoms with Crippen LogP contribution in [0.4, 0.5) is 15.1 Å². The molecule has 0 bridgehead atoms. The third-order valence-electron chi connectivity index (χ3n) is 2.77. The van der Waals surface area contributed by atoms with E-state index in [0.29, 0.717) is 5.56 Å². The summed E-state index contributed by atoms with van der Waals surface area (Å²) in [5.74, 6) is -0.393. The SMILES string of the molecule is CS(=O)(=O)c1c(NCc2ccccc2F)sc(C#N)c1N. The fraction of sp³-hybridized carbons (Fsp3) is 0.154. The number of hydrogen-bond acceptors (Lipinski definition) is 6. The number of nitriles is 1. The third kappa shape index (κ3) is 3.15. The fourth-order valence-corrected chi connectivity index (χ4v) is 4.18. The largest absolute Gasteiger partial charge is 0.396 e. The smallest absolute Gasteiger partial charge is 0.180 e. The van der Waals surface area contributed by atoms with Crippen LogP contribution in [0.1, 0.15) is 10.4 Å². The van der Waals surface area contributed by atoms with E-state index in [2.05, 4.69) is 5.32 Å². The van der Waals surface area contributed by atoms with Crippen LogP contribution in [-0.2, 0) is 16.4 Å². The minimum atomic E-state index is -3.59. The van der Waals surface area contributed by atoms with Gasteiger partial charge in [-0.25, -0.2) is 12.8 Å². The van der Waals surface area contributed by atoms with E-state index in [9.17, 15) is 12.8 Å². The number of nitrogens with zero attached hydrogens (tertiary/aromatic N) is 1. The maximum atomic E-state index is 13.5. The molecule has 3 N–H and O–H groups in total. The average Bonchev–Trinajstić information content (AvgIpc) is 2.74. The number of halogens is 1. The Morgan fingerprint density at radius 2 is 2.10 bits per heavy atom. The summed E-state index contributed by atoms with van der Waals surface area (Å²) in [5, 5.41) is 12.0. The number of benzene rings is 1. The molecule has 0 fully saturated rings. The Balaban J connectivity index is 2.37. The molecule has 0 radical (unpaired) electrons. The van der Waals surface area contributed by atoms with E-state index in [-0.39, 0.29) is 27.0 Å². The molecular formula is C13H12FN3O2S2. The molecule has 8 heteroatoms. The highest BCUT2D eigenvalue weighted by atomic mass is 32.2. The monoisotopic (exact) mass is 325 g/mol. The highest BCUT2D eigenvalue weighted by molar-refractivity contribution is 7.91. The Morgan fingerprint density at radius 1 is 1.43 bits per heavy atom. The predicted molar refractivity (Wildman–Crippen MR) is 80.3 cm³/mol. The molecule has 1 aromatic heterocycles. The van der Waals surface area contributed by atoms with Crippen LogP contribution in [-0.4, -0.2) is 14.7 Å². The van der Waals surface area contributed by atoms with Crippen molar-refractivity contribution in [3.05, 3.63) is 40.5 Å². The molecule has 0 aliphatic heterocycles. The number of rotatable bonds is 4. The lowest BCUT2D eigenvalue weighted by atomic mass is 10.2. The van der Waals surface area contributed by atoms with E-state index in [1.165, 1.54) is 6.07 Å². The van der Waals surface area contributed by atoms with Gasteiger partial charge in [0, 0.05) is 18.4 Å². The van der Waals surface area contributed by atoms with Gasteiger partial charge in [0.05, 0.1) is 5.69 Å². The van der Waals surface area contributed by atoms with Gasteiger partial charge in [-0.2, -0.15) is 5.26 Å². The number of nitrogens with two attached hydrogens (primary N) is 1. The normalized spacial score (nSPS) is 11.1. The molecule has 5 nitrogen and oxygen atoms in total. The van der Waals surface area contributed by atoms with Crippen molar-refractivity contribution in [2.75, 3.05) is 17.3 Å². The van der Waals surface area contributed by atoms with Gasteiger partial charge in [-0.15, -0.1) is 11.3 Å². The van der Waals surface area contributed by atoms with E-state index in [1.807, 2.05) is 6.07 Å². The molecule has 0 aliphatic carbocycles. The topological polar surface area (TPSA) is 96.0 Å². The summed E-state index contributed by atoms with van der Waals surface area (Å²) in [5.41, 5.74) is 6.02. The maximum absolute atomic E-state index is 13.5. The van der Waals surface area contributed by atoms with Crippen LogP contribution in [0.15, 0.2) is 29.2 Å². The molecule has 110 valence electrons. The van der Waals surface area contributed by atoms with Crippen molar-refractivity contribution >= 4 is 31.9 Å². The Kier molecular flexibility index (Phi) is 4.16. The first-order valence-corrected chi connectivity index (χ1v) is 8.55. The molecule has 0 saturated carbocycles. The van der Waals surface area contributed by atoms with Crippen LogP contribution in [0.25, 0.3) is 0 Å². The van der Waals surface area contributed by atoms with Gasteiger partial charge in [0.2, 0.25) is 0 Å². The van der Waals surface area contributed by atoms with Gasteiger partial charge in [-0.1, -0.05) is 18.2 Å². The summed E-state index contributed by atoms with van der Waals surface area (Å²) < 4.78 is 37.1. The summed E-state index contributed by atoms with van der Waals surface area (Å²) in [7, 11) is -3.59. The third-order valence-corrected chi connectivity index (χ3v) is 5.13. The van der Waals surface area contributed by atoms with Gasteiger partial charge in [0.25, 0.3) is 0 Å². The number of sulfone groups is 1. The van der Waals surface area contributed by atoms with Gasteiger partial charge < -0.3 is 11.1 Å². The lowest BCUT2D eigenvalue weighted by Crippen LogP contribution is -2.06. The molecule has 0 spiro atoms. The molecule has 1 aromatic carbocycles. The standard InChI is InChI=1S/C13H12FN3O2S2/c1-21(18,19)12-11(16)10(6-15)20-13(12)17-7-8-4-2-3-5-9(8)14/h2-5,17H,7,16H2,1H3. The van der Waals surface area contributed by atoms with Crippen molar-refractivity contribution in [3.63, 3.8) is 0 Å². The number of hydrogen-bond donors (Lipinski definition) is 2. The lowest BCUT2D eigenvalue weighted by Gasteiger charge is -2.07. The summed E-state index contributed by atoms with van der Waals surface area (Å²) >= 11 is 0.939. The van der Waals surface area contributed by atoms with Crippen LogP contribution >= 0.6 is 11.3 Å². The van der Waals surface area contributed by atoms with Crippen molar-refractivity contribution < 1.29 is 12.8 Å². The van der Waals surface area contributed by atoms with Crippen molar-refractivity contribution in [3.8, 4) is 6.07 Å². The van der Waals surface area contributed by atoms with Crippen LogP contribution in [0, 0.1) is 17.1 Å². The first-order valence-electron chi connectivity index (χ1n) is 5.84. The Morgan fingerprint density at radius 3 is 2.67 bits per heavy atom. The molecule has 0 amide bonds. The van der Waals surface area contributed by atoms with Gasteiger partial charge >= 0.3 is 0 Å². The van der Waals surface area contributed by atoms with Gasteiger partial charge in [0.1, 0.15) is 26.7 Å². The molecule has 0 aliphatic rings. The maximum Gasteiger partial charge on any atom is 0.180 e. The Bertz CT molecular complexity index is 822. The molecule has 0 atom stereocenters. The molecule has 0 saturated heterocycles. The molecule has 2 aromatic rings. The molecular weight excluding hydrogens is 313 g/mol. The number of thiophene rings is 1. The fourth-order valence-electron chi connectivity index (χ4n) is 1.81. The van der Waals surface area contributed by atoms with Crippen molar-refractivity contribution in [1.82, 2.24) is 0 Å². The second-order valence-electron chi connectivity index (χ2n) is 4.33. The zero-order valence-corrected chi connectivity index (χ0v) is 12.7. The van der Waals surface area contributed by atoms with Gasteiger partial charge in [-0.05, 0) is 6.07 Å². The average molecular weight is 325 g/mol. The Hall–Kier alpha value is -2.11. The zero-order valence-electron chi connectivity index (χ0n) is 11.1. The molecule has 1 heterocycles. The lowest BCUT2D eigenvalue weighted by molar-refractivity contribution is 0.602. The van der Waals surface area contributed by atoms with E-state index in [4.69, 9.17) is 11.0 Å². The minimum absolute atomic E-state index is 0.0685. The first kappa shape index (κ1) is 15.3. The molecule has 0 unspecified atom stereocenters. The predicted octanol–water partition coefficient (Wildman–Crippen LogP) is 2.36. The second-order valence-corrected chi connectivity index (χ2v) is 7.31. The summed E-state index contributed by atoms with van der Waals surface area (Å²) in [6, 6.07) is 8.01. The minimum Gasteiger partial charge on any atom is -0.396 e. The number of anilines is 2. The molecule has 2 rings (SSSR count). The van der Waals surface area contributed by atoms with Crippen LogP contribution in [0.5, 0.6) is 0 Å². The second kappa shape index (κ2) is 5.71. The summed E-state index contributed by atoms with van der Waals surface area (Å²) in [6.07, 6.45) is 1.01. The van der Waals surface area contributed by atoms with Crippen LogP contribution in [0.3, 0.4) is 0 Å². The first-order chi connectivity index (χ1) is 9.84. The Labute approximate surface area is 125 Å². The molecule has 21 heavy (non-hydrogen) atoms. The van der Waals surface area contributed by atoms with Crippen molar-refractivity contribution in [2.45, 2.75) is 11.4 Å². The van der Waals surface area contributed by atoms with E-state index in [0.717, 1.165) is 17.6 Å². The van der Waals surface area contributed by atoms with E-state index >= 15 is 0 Å². The van der Waals surface area contributed by atoms with E-state index in [1.54, 1.807) is 18.2 Å². The van der Waals surface area contributed by atoms with Gasteiger partial charge in [-0.3, -0.25) is 0 Å². The van der Waals surface area contributed by atoms with Crippen molar-refractivity contribution in [2.24, 2.45) is 0 Å². The zero-order chi connectivity index (χ0) is 15.6. The highest BCUT2D eigenvalue weighted by Gasteiger charge is 2.23. The van der Waals surface area contributed by atoms with Crippen molar-refractivity contribution in [1.29, 1.82) is 5.26 Å². The van der Waals surface area contributed by atoms with Gasteiger partial charge in [0.15, 0.2) is 9.84 Å². The number of nitrogen functional groups attached to an aromatic ring is 1. The number of nitrogens with one attached hydrogen (secondary N) is 1. The quantitative estimate of drug-likeness (QED) is 0.899. The highest BCUT2D eigenvalue weighted by Crippen LogP contribution is 2.38. The summed E-state index contributed by atoms with van der Waals surface area (Å²) in [6.45, 7) is 0.0972. The summed E-state index contributed by atoms with van der Waals surface area (Å²) in [4.78, 5) is 0.00634.